The van der Waals surface area contributed by atoms with Gasteiger partial charge in [0.15, 0.2) is 5.82 Å². The Kier molecular flexibility index (Phi) is 4.59. The maximum Gasteiger partial charge on any atom is 0.241 e. The van der Waals surface area contributed by atoms with Gasteiger partial charge in [-0.05, 0) is 31.0 Å². The molecule has 0 saturated carbocycles. The molecule has 2 rings (SSSR count). The van der Waals surface area contributed by atoms with Gasteiger partial charge in [-0.2, -0.15) is 5.10 Å². The predicted molar refractivity (Wildman–Crippen MR) is 77.2 cm³/mol. The summed E-state index contributed by atoms with van der Waals surface area (Å²) in [6.45, 7) is 4.68. The minimum Gasteiger partial charge on any atom is -0.484 e. The van der Waals surface area contributed by atoms with Gasteiger partial charge in [-0.3, -0.25) is 0 Å². The van der Waals surface area contributed by atoms with Gasteiger partial charge in [0, 0.05) is 6.54 Å². The Hall–Kier alpha value is -1.93. The highest BCUT2D eigenvalue weighted by Crippen LogP contribution is 2.24. The van der Waals surface area contributed by atoms with Crippen molar-refractivity contribution in [1.82, 2.24) is 14.8 Å². The number of hydrogen-bond acceptors (Lipinski definition) is 5. The standard InChI is InChI=1S/C13H18N4O3S/c1-3-6-17-13(15-9-16-17)8-20-11-5-4-10(2)7-12(11)21(14,18)19/h4-5,7,9H,3,6,8H2,1-2H3,(H2,14,18,19). The molecule has 0 aliphatic carbocycles. The molecule has 0 fully saturated rings. The number of aryl methyl sites for hydroxylation is 2. The van der Waals surface area contributed by atoms with Crippen molar-refractivity contribution in [1.29, 1.82) is 0 Å². The van der Waals surface area contributed by atoms with E-state index in [1.807, 2.05) is 6.92 Å². The van der Waals surface area contributed by atoms with Crippen LogP contribution in [-0.2, 0) is 23.2 Å². The Balaban J connectivity index is 2.22. The molecular weight excluding hydrogens is 292 g/mol. The second kappa shape index (κ2) is 6.23. The SMILES string of the molecule is CCCn1ncnc1COc1ccc(C)cc1S(N)(=O)=O. The molecule has 21 heavy (non-hydrogen) atoms. The van der Waals surface area contributed by atoms with Crippen molar-refractivity contribution < 1.29 is 13.2 Å². The van der Waals surface area contributed by atoms with Gasteiger partial charge in [0.1, 0.15) is 23.6 Å². The lowest BCUT2D eigenvalue weighted by Crippen LogP contribution is -2.15. The quantitative estimate of drug-likeness (QED) is 0.864. The fourth-order valence-electron chi connectivity index (χ4n) is 1.90. The third-order valence-corrected chi connectivity index (χ3v) is 3.83. The maximum absolute atomic E-state index is 11.6. The van der Waals surface area contributed by atoms with Crippen molar-refractivity contribution in [3.63, 3.8) is 0 Å². The topological polar surface area (TPSA) is 100 Å². The van der Waals surface area contributed by atoms with E-state index in [1.54, 1.807) is 23.7 Å². The molecule has 0 radical (unpaired) electrons. The highest BCUT2D eigenvalue weighted by Gasteiger charge is 2.16. The molecule has 2 aromatic rings. The molecule has 0 aliphatic heterocycles. The van der Waals surface area contributed by atoms with Crippen molar-refractivity contribution in [3.8, 4) is 5.75 Å². The van der Waals surface area contributed by atoms with Gasteiger partial charge in [0.2, 0.25) is 10.0 Å². The Labute approximate surface area is 123 Å². The van der Waals surface area contributed by atoms with Crippen LogP contribution in [0.4, 0.5) is 0 Å². The molecule has 2 N–H and O–H groups in total. The zero-order valence-electron chi connectivity index (χ0n) is 12.0. The molecule has 0 spiro atoms. The number of nitrogens with zero attached hydrogens (tertiary/aromatic N) is 3. The zero-order valence-corrected chi connectivity index (χ0v) is 12.8. The second-order valence-corrected chi connectivity index (χ2v) is 6.21. The summed E-state index contributed by atoms with van der Waals surface area (Å²) >= 11 is 0. The second-order valence-electron chi connectivity index (χ2n) is 4.68. The Bertz CT molecular complexity index is 725. The predicted octanol–water partition coefficient (Wildman–Crippen LogP) is 1.22. The summed E-state index contributed by atoms with van der Waals surface area (Å²) in [6, 6.07) is 4.85. The van der Waals surface area contributed by atoms with Crippen molar-refractivity contribution >= 4 is 10.0 Å². The van der Waals surface area contributed by atoms with Gasteiger partial charge in [-0.25, -0.2) is 23.2 Å². The number of ether oxygens (including phenoxy) is 1. The van der Waals surface area contributed by atoms with Gasteiger partial charge in [-0.15, -0.1) is 0 Å². The highest BCUT2D eigenvalue weighted by atomic mass is 32.2. The van der Waals surface area contributed by atoms with Crippen LogP contribution >= 0.6 is 0 Å². The number of aromatic nitrogens is 3. The van der Waals surface area contributed by atoms with E-state index in [-0.39, 0.29) is 17.3 Å². The van der Waals surface area contributed by atoms with Crippen LogP contribution in [0.1, 0.15) is 24.7 Å². The summed E-state index contributed by atoms with van der Waals surface area (Å²) < 4.78 is 30.5. The largest absolute Gasteiger partial charge is 0.484 e. The third-order valence-electron chi connectivity index (χ3n) is 2.89. The van der Waals surface area contributed by atoms with Crippen LogP contribution < -0.4 is 9.88 Å². The fraction of sp³-hybridized carbons (Fsp3) is 0.385. The van der Waals surface area contributed by atoms with E-state index in [2.05, 4.69) is 10.1 Å². The minimum absolute atomic E-state index is 0.0240. The molecule has 0 unspecified atom stereocenters. The number of rotatable bonds is 6. The van der Waals surface area contributed by atoms with Gasteiger partial charge >= 0.3 is 0 Å². The zero-order chi connectivity index (χ0) is 15.5. The van der Waals surface area contributed by atoms with E-state index in [9.17, 15) is 8.42 Å². The van der Waals surface area contributed by atoms with Crippen molar-refractivity contribution in [2.75, 3.05) is 0 Å². The molecule has 8 heteroatoms. The van der Waals surface area contributed by atoms with Crippen LogP contribution in [0.2, 0.25) is 0 Å². The molecule has 0 atom stereocenters. The average molecular weight is 310 g/mol. The minimum atomic E-state index is -3.84. The molecule has 0 saturated heterocycles. The first-order valence-electron chi connectivity index (χ1n) is 6.54. The van der Waals surface area contributed by atoms with Crippen molar-refractivity contribution in [3.05, 3.63) is 35.9 Å². The molecular formula is C13H18N4O3S. The molecule has 1 aromatic heterocycles. The maximum atomic E-state index is 11.6. The lowest BCUT2D eigenvalue weighted by molar-refractivity contribution is 0.279. The Morgan fingerprint density at radius 3 is 2.81 bits per heavy atom. The van der Waals surface area contributed by atoms with Crippen LogP contribution in [0.3, 0.4) is 0 Å². The van der Waals surface area contributed by atoms with E-state index >= 15 is 0 Å². The smallest absolute Gasteiger partial charge is 0.241 e. The Morgan fingerprint density at radius 1 is 1.38 bits per heavy atom. The van der Waals surface area contributed by atoms with E-state index in [1.165, 1.54) is 12.4 Å². The summed E-state index contributed by atoms with van der Waals surface area (Å²) in [5.74, 6) is 0.854. The first-order valence-corrected chi connectivity index (χ1v) is 8.09. The lowest BCUT2D eigenvalue weighted by atomic mass is 10.2. The van der Waals surface area contributed by atoms with E-state index < -0.39 is 10.0 Å². The first-order chi connectivity index (χ1) is 9.91. The van der Waals surface area contributed by atoms with Crippen LogP contribution in [0.15, 0.2) is 29.4 Å². The molecule has 114 valence electrons. The van der Waals surface area contributed by atoms with Crippen molar-refractivity contribution in [2.24, 2.45) is 5.14 Å². The van der Waals surface area contributed by atoms with Crippen LogP contribution in [-0.4, -0.2) is 23.2 Å². The number of hydrogen-bond donors (Lipinski definition) is 1. The molecule has 7 nitrogen and oxygen atoms in total. The van der Waals surface area contributed by atoms with E-state index in [0.29, 0.717) is 5.82 Å². The van der Waals surface area contributed by atoms with Gasteiger partial charge < -0.3 is 4.74 Å². The monoisotopic (exact) mass is 310 g/mol. The summed E-state index contributed by atoms with van der Waals surface area (Å²) in [6.07, 6.45) is 2.37. The number of sulfonamides is 1. The summed E-state index contributed by atoms with van der Waals surface area (Å²) in [4.78, 5) is 4.08. The summed E-state index contributed by atoms with van der Waals surface area (Å²) in [7, 11) is -3.84. The van der Waals surface area contributed by atoms with Gasteiger partial charge in [0.25, 0.3) is 0 Å². The molecule has 1 aromatic carbocycles. The highest BCUT2D eigenvalue weighted by molar-refractivity contribution is 7.89. The summed E-state index contributed by atoms with van der Waals surface area (Å²) in [5, 5.41) is 9.30. The number of benzene rings is 1. The molecule has 1 heterocycles. The average Bonchev–Trinajstić information content (AvgIpc) is 2.84. The lowest BCUT2D eigenvalue weighted by Gasteiger charge is -2.11. The Morgan fingerprint density at radius 2 is 2.14 bits per heavy atom. The molecule has 0 aliphatic rings. The van der Waals surface area contributed by atoms with E-state index in [4.69, 9.17) is 9.88 Å². The van der Waals surface area contributed by atoms with E-state index in [0.717, 1.165) is 18.5 Å². The van der Waals surface area contributed by atoms with Gasteiger partial charge in [-0.1, -0.05) is 13.0 Å². The molecule has 0 bridgehead atoms. The number of primary sulfonamides is 1. The number of nitrogens with two attached hydrogens (primary N) is 1. The third kappa shape index (κ3) is 3.79. The van der Waals surface area contributed by atoms with Crippen LogP contribution in [0, 0.1) is 6.92 Å². The van der Waals surface area contributed by atoms with Gasteiger partial charge in [0.05, 0.1) is 0 Å². The van der Waals surface area contributed by atoms with Crippen LogP contribution in [0.5, 0.6) is 5.75 Å². The normalized spacial score (nSPS) is 11.6. The summed E-state index contributed by atoms with van der Waals surface area (Å²) in [5.41, 5.74) is 0.792. The fourth-order valence-corrected chi connectivity index (χ4v) is 2.66. The van der Waals surface area contributed by atoms with Crippen molar-refractivity contribution in [2.45, 2.75) is 38.3 Å². The first kappa shape index (κ1) is 15.5. The molecule has 0 amide bonds. The van der Waals surface area contributed by atoms with Crippen LogP contribution in [0.25, 0.3) is 0 Å².